The van der Waals surface area contributed by atoms with Crippen molar-refractivity contribution in [3.8, 4) is 0 Å². The zero-order chi connectivity index (χ0) is 15.5. The minimum Gasteiger partial charge on any atom is -0.365 e. The van der Waals surface area contributed by atoms with Gasteiger partial charge in [0.15, 0.2) is 0 Å². The van der Waals surface area contributed by atoms with Gasteiger partial charge in [-0.25, -0.2) is 0 Å². The Kier molecular flexibility index (Phi) is 4.59. The van der Waals surface area contributed by atoms with Crippen LogP contribution in [0.3, 0.4) is 0 Å². The van der Waals surface area contributed by atoms with Gasteiger partial charge in [-0.2, -0.15) is 0 Å². The fourth-order valence-electron chi connectivity index (χ4n) is 2.85. The summed E-state index contributed by atoms with van der Waals surface area (Å²) >= 11 is 3.10. The molecule has 0 aliphatic carbocycles. The molecule has 2 aromatic rings. The Morgan fingerprint density at radius 3 is 2.86 bits per heavy atom. The van der Waals surface area contributed by atoms with Crippen LogP contribution in [0.5, 0.6) is 0 Å². The molecule has 3 rings (SSSR count). The summed E-state index contributed by atoms with van der Waals surface area (Å²) in [6, 6.07) is 7.88. The highest BCUT2D eigenvalue weighted by atomic mass is 32.1. The van der Waals surface area contributed by atoms with E-state index in [1.807, 2.05) is 22.4 Å². The quantitative estimate of drug-likeness (QED) is 0.912. The van der Waals surface area contributed by atoms with Crippen LogP contribution in [0.25, 0.3) is 0 Å². The fraction of sp³-hybridized carbons (Fsp3) is 0.375. The molecular weight excluding hydrogens is 316 g/mol. The van der Waals surface area contributed by atoms with E-state index in [1.54, 1.807) is 17.4 Å². The summed E-state index contributed by atoms with van der Waals surface area (Å²) in [5.41, 5.74) is 5.31. The predicted molar refractivity (Wildman–Crippen MR) is 89.2 cm³/mol. The maximum Gasteiger partial charge on any atom is 0.258 e. The number of hydrogen-bond acceptors (Lipinski definition) is 4. The first kappa shape index (κ1) is 15.2. The van der Waals surface area contributed by atoms with Crippen LogP contribution < -0.4 is 5.73 Å². The van der Waals surface area contributed by atoms with Crippen LogP contribution in [0.2, 0.25) is 0 Å². The minimum absolute atomic E-state index is 0.105. The average molecular weight is 334 g/mol. The number of amides is 2. The Balaban J connectivity index is 1.66. The molecule has 1 atom stereocenters. The second kappa shape index (κ2) is 6.62. The van der Waals surface area contributed by atoms with E-state index in [0.29, 0.717) is 11.3 Å². The number of likely N-dealkylation sites (tertiary alicyclic amines) is 1. The van der Waals surface area contributed by atoms with Gasteiger partial charge in [0, 0.05) is 22.7 Å². The maximum atomic E-state index is 12.5. The van der Waals surface area contributed by atoms with Crippen molar-refractivity contribution in [1.29, 1.82) is 0 Å². The van der Waals surface area contributed by atoms with Gasteiger partial charge in [-0.1, -0.05) is 6.07 Å². The molecule has 1 saturated heterocycles. The van der Waals surface area contributed by atoms with E-state index in [2.05, 4.69) is 6.07 Å². The zero-order valence-corrected chi connectivity index (χ0v) is 13.8. The molecule has 1 aliphatic rings. The molecule has 0 saturated carbocycles. The third kappa shape index (κ3) is 3.23. The molecule has 6 heteroatoms. The summed E-state index contributed by atoms with van der Waals surface area (Å²) < 4.78 is 0. The first-order chi connectivity index (χ1) is 10.6. The molecule has 2 amide bonds. The van der Waals surface area contributed by atoms with E-state index in [9.17, 15) is 9.59 Å². The lowest BCUT2D eigenvalue weighted by atomic mass is 10.1. The highest BCUT2D eigenvalue weighted by molar-refractivity contribution is 7.14. The van der Waals surface area contributed by atoms with Gasteiger partial charge in [0.05, 0.1) is 10.9 Å². The van der Waals surface area contributed by atoms with Crippen molar-refractivity contribution in [1.82, 2.24) is 4.90 Å². The van der Waals surface area contributed by atoms with Crippen molar-refractivity contribution in [2.24, 2.45) is 5.73 Å². The molecule has 0 aromatic carbocycles. The molecule has 0 spiro atoms. The third-order valence-electron chi connectivity index (χ3n) is 3.94. The molecule has 116 valence electrons. The van der Waals surface area contributed by atoms with Crippen LogP contribution in [0, 0.1) is 0 Å². The Morgan fingerprint density at radius 1 is 1.32 bits per heavy atom. The lowest BCUT2D eigenvalue weighted by molar-refractivity contribution is -0.132. The number of rotatable bonds is 5. The number of aryl methyl sites for hydroxylation is 1. The Hall–Kier alpha value is -1.66. The Bertz CT molecular complexity index is 664. The Labute approximate surface area is 137 Å². The van der Waals surface area contributed by atoms with Crippen LogP contribution in [-0.4, -0.2) is 23.3 Å². The van der Waals surface area contributed by atoms with Crippen LogP contribution in [0.1, 0.15) is 44.7 Å². The number of thiophene rings is 2. The topological polar surface area (TPSA) is 63.4 Å². The molecule has 1 unspecified atom stereocenters. The number of carbonyl (C=O) groups is 2. The molecule has 22 heavy (non-hydrogen) atoms. The molecule has 2 N–H and O–H groups in total. The van der Waals surface area contributed by atoms with E-state index in [-0.39, 0.29) is 11.9 Å². The minimum atomic E-state index is -0.398. The zero-order valence-electron chi connectivity index (χ0n) is 12.2. The number of nitrogens with zero attached hydrogens (tertiary/aromatic N) is 1. The van der Waals surface area contributed by atoms with Gasteiger partial charge < -0.3 is 10.6 Å². The molecule has 0 bridgehead atoms. The number of nitrogens with two attached hydrogens (primary N) is 1. The number of primary amides is 1. The number of carbonyl (C=O) groups excluding carboxylic acids is 2. The Morgan fingerprint density at radius 2 is 2.18 bits per heavy atom. The number of hydrogen-bond donors (Lipinski definition) is 1. The van der Waals surface area contributed by atoms with Crippen molar-refractivity contribution in [2.45, 2.75) is 31.7 Å². The average Bonchev–Trinajstić information content (AvgIpc) is 3.23. The standard InChI is InChI=1S/C16H18N2O2S2/c17-16(20)14-7-6-13(22-14)12-4-1-9-18(12)15(19)8-5-11-3-2-10-21-11/h2-3,6-7,10,12H,1,4-5,8-9H2,(H2,17,20). The van der Waals surface area contributed by atoms with Gasteiger partial charge in [-0.3, -0.25) is 9.59 Å². The second-order valence-corrected chi connectivity index (χ2v) is 7.54. The smallest absolute Gasteiger partial charge is 0.258 e. The van der Waals surface area contributed by atoms with E-state index in [1.165, 1.54) is 16.2 Å². The fourth-order valence-corrected chi connectivity index (χ4v) is 4.57. The summed E-state index contributed by atoms with van der Waals surface area (Å²) in [7, 11) is 0. The molecule has 3 heterocycles. The summed E-state index contributed by atoms with van der Waals surface area (Å²) in [5.74, 6) is -0.199. The molecule has 1 aliphatic heterocycles. The third-order valence-corrected chi connectivity index (χ3v) is 6.07. The van der Waals surface area contributed by atoms with Crippen LogP contribution >= 0.6 is 22.7 Å². The second-order valence-electron chi connectivity index (χ2n) is 5.39. The summed E-state index contributed by atoms with van der Waals surface area (Å²) in [5, 5.41) is 2.04. The highest BCUT2D eigenvalue weighted by Gasteiger charge is 2.30. The van der Waals surface area contributed by atoms with E-state index in [0.717, 1.165) is 30.7 Å². The van der Waals surface area contributed by atoms with Crippen LogP contribution in [0.15, 0.2) is 29.6 Å². The molecular formula is C16H18N2O2S2. The molecule has 2 aromatic heterocycles. The van der Waals surface area contributed by atoms with Crippen LogP contribution in [-0.2, 0) is 11.2 Å². The van der Waals surface area contributed by atoms with Gasteiger partial charge in [0.2, 0.25) is 5.91 Å². The van der Waals surface area contributed by atoms with Crippen molar-refractivity contribution in [3.05, 3.63) is 44.3 Å². The predicted octanol–water partition coefficient (Wildman–Crippen LogP) is 3.20. The van der Waals surface area contributed by atoms with Crippen molar-refractivity contribution in [3.63, 3.8) is 0 Å². The normalized spacial score (nSPS) is 17.8. The van der Waals surface area contributed by atoms with Gasteiger partial charge in [-0.15, -0.1) is 22.7 Å². The lowest BCUT2D eigenvalue weighted by Crippen LogP contribution is -2.30. The van der Waals surface area contributed by atoms with Crippen LogP contribution in [0.4, 0.5) is 0 Å². The molecule has 0 radical (unpaired) electrons. The van der Waals surface area contributed by atoms with E-state index < -0.39 is 5.91 Å². The maximum absolute atomic E-state index is 12.5. The summed E-state index contributed by atoms with van der Waals surface area (Å²) in [6.07, 6.45) is 3.32. The van der Waals surface area contributed by atoms with Crippen molar-refractivity contribution in [2.75, 3.05) is 6.54 Å². The first-order valence-corrected chi connectivity index (χ1v) is 9.06. The first-order valence-electron chi connectivity index (χ1n) is 7.36. The van der Waals surface area contributed by atoms with Gasteiger partial charge >= 0.3 is 0 Å². The summed E-state index contributed by atoms with van der Waals surface area (Å²) in [6.45, 7) is 0.803. The largest absolute Gasteiger partial charge is 0.365 e. The van der Waals surface area contributed by atoms with Crippen molar-refractivity contribution >= 4 is 34.5 Å². The van der Waals surface area contributed by atoms with Crippen molar-refractivity contribution < 1.29 is 9.59 Å². The van der Waals surface area contributed by atoms with Gasteiger partial charge in [0.25, 0.3) is 5.91 Å². The monoisotopic (exact) mass is 334 g/mol. The lowest BCUT2D eigenvalue weighted by Gasteiger charge is -2.24. The van der Waals surface area contributed by atoms with Gasteiger partial charge in [-0.05, 0) is 42.8 Å². The summed E-state index contributed by atoms with van der Waals surface area (Å²) in [4.78, 5) is 28.6. The SMILES string of the molecule is NC(=O)c1ccc(C2CCCN2C(=O)CCc2cccs2)s1. The molecule has 4 nitrogen and oxygen atoms in total. The van der Waals surface area contributed by atoms with Gasteiger partial charge in [0.1, 0.15) is 0 Å². The van der Waals surface area contributed by atoms with E-state index in [4.69, 9.17) is 5.73 Å². The highest BCUT2D eigenvalue weighted by Crippen LogP contribution is 2.36. The van der Waals surface area contributed by atoms with E-state index >= 15 is 0 Å². The molecule has 1 fully saturated rings.